The molecule has 1 unspecified atom stereocenters. The predicted octanol–water partition coefficient (Wildman–Crippen LogP) is 4.86. The first-order chi connectivity index (χ1) is 9.88. The van der Waals surface area contributed by atoms with Crippen molar-refractivity contribution in [1.82, 2.24) is 0 Å². The first kappa shape index (κ1) is 15.7. The Kier molecular flexibility index (Phi) is 4.78. The van der Waals surface area contributed by atoms with Crippen molar-refractivity contribution in [2.24, 2.45) is 0 Å². The molecule has 0 aliphatic rings. The molecule has 2 rings (SSSR count). The number of aryl methyl sites for hydroxylation is 2. The molecule has 0 saturated heterocycles. The Bertz CT molecular complexity index is 682. The summed E-state index contributed by atoms with van der Waals surface area (Å²) < 4.78 is 19.1. The van der Waals surface area contributed by atoms with Crippen molar-refractivity contribution in [3.8, 4) is 5.75 Å². The van der Waals surface area contributed by atoms with Gasteiger partial charge in [0.1, 0.15) is 11.6 Å². The summed E-state index contributed by atoms with van der Waals surface area (Å²) >= 11 is 3.10. The van der Waals surface area contributed by atoms with Crippen LogP contribution in [0.5, 0.6) is 5.75 Å². The van der Waals surface area contributed by atoms with Gasteiger partial charge in [-0.15, -0.1) is 0 Å². The van der Waals surface area contributed by atoms with E-state index in [1.54, 1.807) is 13.0 Å². The molecule has 110 valence electrons. The van der Waals surface area contributed by atoms with Gasteiger partial charge in [-0.3, -0.25) is 4.79 Å². The average Bonchev–Trinajstić information content (AvgIpc) is 2.45. The lowest BCUT2D eigenvalue weighted by Crippen LogP contribution is -2.24. The highest BCUT2D eigenvalue weighted by Crippen LogP contribution is 2.23. The fourth-order valence-corrected chi connectivity index (χ4v) is 2.29. The van der Waals surface area contributed by atoms with E-state index in [0.717, 1.165) is 11.1 Å². The van der Waals surface area contributed by atoms with Crippen molar-refractivity contribution >= 4 is 21.7 Å². The number of benzene rings is 2. The van der Waals surface area contributed by atoms with E-state index in [1.807, 2.05) is 26.0 Å². The molecule has 21 heavy (non-hydrogen) atoms. The minimum Gasteiger partial charge on any atom is -0.483 e. The standard InChI is InChI=1S/C17H16BrFO2/c1-10-4-5-13(8-11(10)2)17(20)12(3)21-14-6-7-16(19)15(18)9-14/h4-9,12H,1-3H3. The number of Topliss-reactive ketones (excluding diaryl/α,β-unsaturated/α-hetero) is 1. The molecule has 0 saturated carbocycles. The number of ether oxygens (including phenoxy) is 1. The van der Waals surface area contributed by atoms with Gasteiger partial charge in [0.05, 0.1) is 4.47 Å². The van der Waals surface area contributed by atoms with Crippen LogP contribution >= 0.6 is 15.9 Å². The zero-order chi connectivity index (χ0) is 15.6. The summed E-state index contributed by atoms with van der Waals surface area (Å²) in [5, 5.41) is 0. The molecule has 0 heterocycles. The quantitative estimate of drug-likeness (QED) is 0.736. The number of carbonyl (C=O) groups excluding carboxylic acids is 1. The second-order valence-electron chi connectivity index (χ2n) is 5.00. The second kappa shape index (κ2) is 6.39. The van der Waals surface area contributed by atoms with Crippen LogP contribution in [0, 0.1) is 19.7 Å². The van der Waals surface area contributed by atoms with Crippen LogP contribution in [-0.2, 0) is 0 Å². The van der Waals surface area contributed by atoms with Crippen LogP contribution in [0.3, 0.4) is 0 Å². The summed E-state index contributed by atoms with van der Waals surface area (Å²) in [4.78, 5) is 12.4. The van der Waals surface area contributed by atoms with Gasteiger partial charge in [0.2, 0.25) is 5.78 Å². The molecule has 0 N–H and O–H groups in total. The van der Waals surface area contributed by atoms with E-state index in [-0.39, 0.29) is 11.6 Å². The fraction of sp³-hybridized carbons (Fsp3) is 0.235. The van der Waals surface area contributed by atoms with Crippen LogP contribution in [0.25, 0.3) is 0 Å². The maximum atomic E-state index is 13.2. The van der Waals surface area contributed by atoms with Crippen molar-refractivity contribution in [3.05, 3.63) is 63.4 Å². The molecule has 0 aliphatic heterocycles. The highest BCUT2D eigenvalue weighted by atomic mass is 79.9. The van der Waals surface area contributed by atoms with Gasteiger partial charge in [-0.2, -0.15) is 0 Å². The lowest BCUT2D eigenvalue weighted by Gasteiger charge is -2.15. The van der Waals surface area contributed by atoms with Gasteiger partial charge in [0.15, 0.2) is 6.10 Å². The van der Waals surface area contributed by atoms with E-state index < -0.39 is 6.10 Å². The van der Waals surface area contributed by atoms with E-state index in [2.05, 4.69) is 15.9 Å². The number of hydrogen-bond acceptors (Lipinski definition) is 2. The Morgan fingerprint density at radius 3 is 2.48 bits per heavy atom. The first-order valence-electron chi connectivity index (χ1n) is 6.61. The highest BCUT2D eigenvalue weighted by molar-refractivity contribution is 9.10. The molecule has 0 aliphatic carbocycles. The van der Waals surface area contributed by atoms with Crippen LogP contribution in [-0.4, -0.2) is 11.9 Å². The molecule has 0 aromatic heterocycles. The molecule has 0 spiro atoms. The van der Waals surface area contributed by atoms with Crippen LogP contribution in [0.15, 0.2) is 40.9 Å². The number of ketones is 1. The Hall–Kier alpha value is -1.68. The monoisotopic (exact) mass is 350 g/mol. The smallest absolute Gasteiger partial charge is 0.203 e. The third kappa shape index (κ3) is 3.70. The normalized spacial score (nSPS) is 12.0. The third-order valence-corrected chi connectivity index (χ3v) is 3.97. The number of halogens is 2. The molecule has 2 nitrogen and oxygen atoms in total. The Morgan fingerprint density at radius 1 is 1.14 bits per heavy atom. The van der Waals surface area contributed by atoms with Crippen molar-refractivity contribution in [1.29, 1.82) is 0 Å². The van der Waals surface area contributed by atoms with Gasteiger partial charge in [0.25, 0.3) is 0 Å². The molecular formula is C17H16BrFO2. The minimum atomic E-state index is -0.635. The number of carbonyl (C=O) groups is 1. The van der Waals surface area contributed by atoms with Gasteiger partial charge >= 0.3 is 0 Å². The molecule has 0 bridgehead atoms. The lowest BCUT2D eigenvalue weighted by atomic mass is 10.0. The predicted molar refractivity (Wildman–Crippen MR) is 84.4 cm³/mol. The van der Waals surface area contributed by atoms with Crippen molar-refractivity contribution in [2.75, 3.05) is 0 Å². The summed E-state index contributed by atoms with van der Waals surface area (Å²) in [5.41, 5.74) is 2.83. The SMILES string of the molecule is Cc1ccc(C(=O)C(C)Oc2ccc(F)c(Br)c2)cc1C. The maximum absolute atomic E-state index is 13.2. The van der Waals surface area contributed by atoms with Crippen molar-refractivity contribution in [2.45, 2.75) is 26.9 Å². The van der Waals surface area contributed by atoms with Crippen LogP contribution in [0.1, 0.15) is 28.4 Å². The van der Waals surface area contributed by atoms with E-state index in [0.29, 0.717) is 15.8 Å². The van der Waals surface area contributed by atoms with Crippen molar-refractivity contribution in [3.63, 3.8) is 0 Å². The Morgan fingerprint density at radius 2 is 1.86 bits per heavy atom. The van der Waals surface area contributed by atoms with Crippen LogP contribution in [0.2, 0.25) is 0 Å². The summed E-state index contributed by atoms with van der Waals surface area (Å²) in [5.74, 6) is -0.0120. The first-order valence-corrected chi connectivity index (χ1v) is 7.41. The third-order valence-electron chi connectivity index (χ3n) is 3.36. The molecule has 0 amide bonds. The molecular weight excluding hydrogens is 335 g/mol. The maximum Gasteiger partial charge on any atom is 0.203 e. The van der Waals surface area contributed by atoms with E-state index >= 15 is 0 Å². The molecule has 2 aromatic carbocycles. The van der Waals surface area contributed by atoms with Crippen LogP contribution in [0.4, 0.5) is 4.39 Å². The zero-order valence-corrected chi connectivity index (χ0v) is 13.7. The average molecular weight is 351 g/mol. The zero-order valence-electron chi connectivity index (χ0n) is 12.1. The molecule has 4 heteroatoms. The molecule has 1 atom stereocenters. The van der Waals surface area contributed by atoms with Crippen LogP contribution < -0.4 is 4.74 Å². The fourth-order valence-electron chi connectivity index (χ4n) is 1.94. The molecule has 0 radical (unpaired) electrons. The highest BCUT2D eigenvalue weighted by Gasteiger charge is 2.17. The number of rotatable bonds is 4. The molecule has 2 aromatic rings. The summed E-state index contributed by atoms with van der Waals surface area (Å²) in [7, 11) is 0. The largest absolute Gasteiger partial charge is 0.483 e. The second-order valence-corrected chi connectivity index (χ2v) is 5.85. The van der Waals surface area contributed by atoms with E-state index in [1.165, 1.54) is 18.2 Å². The molecule has 0 fully saturated rings. The summed E-state index contributed by atoms with van der Waals surface area (Å²) in [6, 6.07) is 9.89. The van der Waals surface area contributed by atoms with E-state index in [4.69, 9.17) is 4.74 Å². The van der Waals surface area contributed by atoms with Gasteiger partial charge in [-0.25, -0.2) is 4.39 Å². The lowest BCUT2D eigenvalue weighted by molar-refractivity contribution is 0.0818. The van der Waals surface area contributed by atoms with E-state index in [9.17, 15) is 9.18 Å². The summed E-state index contributed by atoms with van der Waals surface area (Å²) in [6.45, 7) is 5.66. The topological polar surface area (TPSA) is 26.3 Å². The Balaban J connectivity index is 2.15. The number of hydrogen-bond donors (Lipinski definition) is 0. The minimum absolute atomic E-state index is 0.0986. The summed E-state index contributed by atoms with van der Waals surface area (Å²) in [6.07, 6.45) is -0.635. The van der Waals surface area contributed by atoms with Gasteiger partial charge in [-0.05, 0) is 72.1 Å². The van der Waals surface area contributed by atoms with Crippen molar-refractivity contribution < 1.29 is 13.9 Å². The van der Waals surface area contributed by atoms with Gasteiger partial charge < -0.3 is 4.74 Å². The Labute approximate surface area is 132 Å². The van der Waals surface area contributed by atoms with Gasteiger partial charge in [0, 0.05) is 5.56 Å². The van der Waals surface area contributed by atoms with Gasteiger partial charge in [-0.1, -0.05) is 12.1 Å².